The zero-order chi connectivity index (χ0) is 14.3. The molecule has 5 heteroatoms. The lowest BCUT2D eigenvalue weighted by molar-refractivity contribution is 0.0900. The molecule has 0 bridgehead atoms. The van der Waals surface area contributed by atoms with E-state index in [4.69, 9.17) is 0 Å². The van der Waals surface area contributed by atoms with Crippen molar-refractivity contribution in [3.05, 3.63) is 58.1 Å². The minimum absolute atomic E-state index is 0.215. The summed E-state index contributed by atoms with van der Waals surface area (Å²) < 4.78 is 0.897. The van der Waals surface area contributed by atoms with Gasteiger partial charge in [0, 0.05) is 4.47 Å². The number of para-hydroxylation sites is 1. The number of benzene rings is 2. The number of aliphatic hydroxyl groups excluding tert-OH is 1. The van der Waals surface area contributed by atoms with Crippen molar-refractivity contribution in [2.45, 2.75) is 13.3 Å². The normalized spacial score (nSPS) is 17.6. The van der Waals surface area contributed by atoms with Gasteiger partial charge in [0.15, 0.2) is 0 Å². The van der Waals surface area contributed by atoms with Crippen LogP contribution < -0.4 is 10.2 Å². The Bertz CT molecular complexity index is 687. The molecule has 0 radical (unpaired) electrons. The highest BCUT2D eigenvalue weighted by Gasteiger charge is 2.32. The minimum Gasteiger partial charge on any atom is -0.356 e. The van der Waals surface area contributed by atoms with Gasteiger partial charge in [0.05, 0.1) is 16.9 Å². The van der Waals surface area contributed by atoms with E-state index in [-0.39, 0.29) is 5.91 Å². The average molecular weight is 333 g/mol. The molecule has 20 heavy (non-hydrogen) atoms. The monoisotopic (exact) mass is 332 g/mol. The molecule has 2 aromatic carbocycles. The molecule has 0 aliphatic carbocycles. The SMILES string of the molecule is Cc1c(Br)cccc1N1C(=O)c2ccccc2NC1O. The smallest absolute Gasteiger partial charge is 0.263 e. The third kappa shape index (κ3) is 1.99. The van der Waals surface area contributed by atoms with Crippen molar-refractivity contribution in [2.75, 3.05) is 10.2 Å². The summed E-state index contributed by atoms with van der Waals surface area (Å²) in [6, 6.07) is 12.7. The van der Waals surface area contributed by atoms with Crippen LogP contribution in [0.25, 0.3) is 0 Å². The van der Waals surface area contributed by atoms with E-state index in [1.54, 1.807) is 12.1 Å². The fourth-order valence-corrected chi connectivity index (χ4v) is 2.69. The molecule has 0 saturated heterocycles. The zero-order valence-electron chi connectivity index (χ0n) is 10.8. The second kappa shape index (κ2) is 4.92. The molecule has 0 fully saturated rings. The summed E-state index contributed by atoms with van der Waals surface area (Å²) in [5.41, 5.74) is 2.78. The number of amides is 1. The van der Waals surface area contributed by atoms with Gasteiger partial charge in [0.2, 0.25) is 6.35 Å². The molecule has 0 saturated carbocycles. The van der Waals surface area contributed by atoms with E-state index < -0.39 is 6.35 Å². The fraction of sp³-hybridized carbons (Fsp3) is 0.133. The van der Waals surface area contributed by atoms with E-state index in [1.807, 2.05) is 37.3 Å². The van der Waals surface area contributed by atoms with Crippen molar-refractivity contribution in [1.82, 2.24) is 0 Å². The summed E-state index contributed by atoms with van der Waals surface area (Å²) >= 11 is 3.44. The molecule has 1 unspecified atom stereocenters. The first-order valence-corrected chi connectivity index (χ1v) is 7.01. The van der Waals surface area contributed by atoms with Crippen LogP contribution in [0.2, 0.25) is 0 Å². The van der Waals surface area contributed by atoms with Gasteiger partial charge in [-0.25, -0.2) is 0 Å². The van der Waals surface area contributed by atoms with Gasteiger partial charge in [0.1, 0.15) is 0 Å². The first-order valence-electron chi connectivity index (χ1n) is 6.22. The maximum absolute atomic E-state index is 12.6. The fourth-order valence-electron chi connectivity index (χ4n) is 2.34. The number of carbonyl (C=O) groups excluding carboxylic acids is 1. The van der Waals surface area contributed by atoms with Crippen LogP contribution in [0.1, 0.15) is 15.9 Å². The molecule has 3 rings (SSSR count). The van der Waals surface area contributed by atoms with E-state index in [1.165, 1.54) is 4.90 Å². The summed E-state index contributed by atoms with van der Waals surface area (Å²) in [7, 11) is 0. The van der Waals surface area contributed by atoms with Crippen LogP contribution in [0.15, 0.2) is 46.9 Å². The number of aliphatic hydroxyl groups is 1. The molecule has 1 aliphatic heterocycles. The maximum Gasteiger partial charge on any atom is 0.263 e. The molecule has 2 N–H and O–H groups in total. The second-order valence-electron chi connectivity index (χ2n) is 4.62. The largest absolute Gasteiger partial charge is 0.356 e. The van der Waals surface area contributed by atoms with E-state index in [9.17, 15) is 9.90 Å². The molecular weight excluding hydrogens is 320 g/mol. The third-order valence-corrected chi connectivity index (χ3v) is 4.26. The lowest BCUT2D eigenvalue weighted by atomic mass is 10.1. The molecular formula is C15H13BrN2O2. The van der Waals surface area contributed by atoms with E-state index in [0.717, 1.165) is 10.0 Å². The van der Waals surface area contributed by atoms with Gasteiger partial charge in [-0.1, -0.05) is 34.1 Å². The zero-order valence-corrected chi connectivity index (χ0v) is 12.4. The standard InChI is InChI=1S/C15H13BrN2O2/c1-9-11(16)6-4-8-13(9)18-14(19)10-5-2-3-7-12(10)17-15(18)20/h2-8,15,17,20H,1H3. The molecule has 1 amide bonds. The number of carbonyl (C=O) groups is 1. The highest BCUT2D eigenvalue weighted by atomic mass is 79.9. The molecule has 2 aromatic rings. The van der Waals surface area contributed by atoms with Crippen molar-refractivity contribution in [3.63, 3.8) is 0 Å². The number of nitrogens with one attached hydrogen (secondary N) is 1. The number of hydrogen-bond donors (Lipinski definition) is 2. The Kier molecular flexibility index (Phi) is 3.23. The molecule has 0 spiro atoms. The molecule has 1 atom stereocenters. The third-order valence-electron chi connectivity index (χ3n) is 3.40. The Labute approximate surface area is 125 Å². The van der Waals surface area contributed by atoms with Gasteiger partial charge in [-0.15, -0.1) is 0 Å². The van der Waals surface area contributed by atoms with Crippen LogP contribution >= 0.6 is 15.9 Å². The Morgan fingerprint density at radius 1 is 1.20 bits per heavy atom. The quantitative estimate of drug-likeness (QED) is 0.843. The van der Waals surface area contributed by atoms with Crippen molar-refractivity contribution in [1.29, 1.82) is 0 Å². The van der Waals surface area contributed by atoms with E-state index in [2.05, 4.69) is 21.2 Å². The van der Waals surface area contributed by atoms with Gasteiger partial charge >= 0.3 is 0 Å². The number of nitrogens with zero attached hydrogens (tertiary/aromatic N) is 1. The molecule has 1 aliphatic rings. The Hall–Kier alpha value is -1.85. The van der Waals surface area contributed by atoms with Gasteiger partial charge in [0.25, 0.3) is 5.91 Å². The number of halogens is 1. The maximum atomic E-state index is 12.6. The average Bonchev–Trinajstić information content (AvgIpc) is 2.43. The van der Waals surface area contributed by atoms with E-state index >= 15 is 0 Å². The van der Waals surface area contributed by atoms with Gasteiger partial charge in [-0.3, -0.25) is 9.69 Å². The van der Waals surface area contributed by atoms with Crippen LogP contribution in [-0.2, 0) is 0 Å². The number of anilines is 2. The summed E-state index contributed by atoms with van der Waals surface area (Å²) in [6.07, 6.45) is -1.08. The van der Waals surface area contributed by atoms with Crippen LogP contribution in [0.3, 0.4) is 0 Å². The summed E-state index contributed by atoms with van der Waals surface area (Å²) in [5, 5.41) is 13.2. The lowest BCUT2D eigenvalue weighted by Crippen LogP contribution is -2.49. The summed E-state index contributed by atoms with van der Waals surface area (Å²) in [6.45, 7) is 1.90. The van der Waals surface area contributed by atoms with Crippen molar-refractivity contribution < 1.29 is 9.90 Å². The van der Waals surface area contributed by atoms with Crippen LogP contribution in [0, 0.1) is 6.92 Å². The van der Waals surface area contributed by atoms with Crippen LogP contribution in [-0.4, -0.2) is 17.4 Å². The second-order valence-corrected chi connectivity index (χ2v) is 5.48. The molecule has 4 nitrogen and oxygen atoms in total. The number of hydrogen-bond acceptors (Lipinski definition) is 3. The number of rotatable bonds is 1. The Balaban J connectivity index is 2.11. The van der Waals surface area contributed by atoms with Crippen molar-refractivity contribution in [2.24, 2.45) is 0 Å². The first-order chi connectivity index (χ1) is 9.59. The highest BCUT2D eigenvalue weighted by Crippen LogP contribution is 2.33. The van der Waals surface area contributed by atoms with Crippen molar-refractivity contribution in [3.8, 4) is 0 Å². The van der Waals surface area contributed by atoms with Gasteiger partial charge < -0.3 is 10.4 Å². The lowest BCUT2D eigenvalue weighted by Gasteiger charge is -2.35. The Morgan fingerprint density at radius 3 is 2.75 bits per heavy atom. The topological polar surface area (TPSA) is 52.6 Å². The van der Waals surface area contributed by atoms with Crippen molar-refractivity contribution >= 4 is 33.2 Å². The molecule has 0 aromatic heterocycles. The summed E-state index contributed by atoms with van der Waals surface area (Å²) in [5.74, 6) is -0.215. The Morgan fingerprint density at radius 2 is 1.95 bits per heavy atom. The van der Waals surface area contributed by atoms with Gasteiger partial charge in [-0.2, -0.15) is 0 Å². The first kappa shape index (κ1) is 13.1. The summed E-state index contributed by atoms with van der Waals surface area (Å²) in [4.78, 5) is 14.0. The minimum atomic E-state index is -1.08. The van der Waals surface area contributed by atoms with Gasteiger partial charge in [-0.05, 0) is 36.8 Å². The predicted octanol–water partition coefficient (Wildman–Crippen LogP) is 3.11. The molecule has 102 valence electrons. The predicted molar refractivity (Wildman–Crippen MR) is 81.8 cm³/mol. The van der Waals surface area contributed by atoms with Crippen LogP contribution in [0.5, 0.6) is 0 Å². The number of fused-ring (bicyclic) bond motifs is 1. The highest BCUT2D eigenvalue weighted by molar-refractivity contribution is 9.10. The van der Waals surface area contributed by atoms with Crippen LogP contribution in [0.4, 0.5) is 11.4 Å². The molecule has 1 heterocycles. The van der Waals surface area contributed by atoms with E-state index in [0.29, 0.717) is 16.9 Å².